The van der Waals surface area contributed by atoms with Crippen LogP contribution in [0.5, 0.6) is 0 Å². The van der Waals surface area contributed by atoms with Gasteiger partial charge in [-0.2, -0.15) is 0 Å². The Labute approximate surface area is 464 Å². The summed E-state index contributed by atoms with van der Waals surface area (Å²) >= 11 is 0. The van der Waals surface area contributed by atoms with E-state index in [9.17, 15) is 0 Å². The first kappa shape index (κ1) is 47.0. The first-order valence-corrected chi connectivity index (χ1v) is 28.4. The summed E-state index contributed by atoms with van der Waals surface area (Å²) in [5.74, 6) is 0.546. The van der Waals surface area contributed by atoms with Gasteiger partial charge in [0.1, 0.15) is 0 Å². The maximum absolute atomic E-state index is 2.59. The monoisotopic (exact) mass is 1010 g/mol. The van der Waals surface area contributed by atoms with Crippen molar-refractivity contribution in [2.45, 2.75) is 48.9 Å². The van der Waals surface area contributed by atoms with Crippen molar-refractivity contribution in [2.24, 2.45) is 0 Å². The number of hydrogen-bond donors (Lipinski definition) is 0. The Bertz CT molecular complexity index is 4130. The van der Waals surface area contributed by atoms with Crippen LogP contribution in [-0.4, -0.2) is 0 Å². The van der Waals surface area contributed by atoms with Crippen molar-refractivity contribution in [1.82, 2.24) is 0 Å². The highest BCUT2D eigenvalue weighted by Crippen LogP contribution is 2.61. The molecule has 0 N–H and O–H groups in total. The van der Waals surface area contributed by atoms with Gasteiger partial charge in [-0.25, -0.2) is 0 Å². The molecule has 3 aliphatic rings. The Balaban J connectivity index is 0.972. The number of nitrogens with zero attached hydrogens (tertiary/aromatic N) is 1. The predicted octanol–water partition coefficient (Wildman–Crippen LogP) is 20.4. The minimum absolute atomic E-state index is 0.484. The molecule has 376 valence electrons. The van der Waals surface area contributed by atoms with Crippen LogP contribution in [0.15, 0.2) is 291 Å². The smallest absolute Gasteiger partial charge is 0.0714 e. The largest absolute Gasteiger partial charge is 0.309 e. The van der Waals surface area contributed by atoms with Crippen molar-refractivity contribution in [2.75, 3.05) is 4.90 Å². The lowest BCUT2D eigenvalue weighted by atomic mass is 9.67. The second-order valence-corrected chi connectivity index (χ2v) is 22.0. The highest BCUT2D eigenvalue weighted by molar-refractivity contribution is 6.06. The van der Waals surface area contributed by atoms with E-state index in [0.29, 0.717) is 5.92 Å². The fraction of sp³-hybridized carbons (Fsp3) is 0.103. The van der Waals surface area contributed by atoms with E-state index in [1.54, 1.807) is 0 Å². The third-order valence-corrected chi connectivity index (χ3v) is 18.0. The zero-order valence-electron chi connectivity index (χ0n) is 44.3. The van der Waals surface area contributed by atoms with E-state index in [1.807, 2.05) is 0 Å². The summed E-state index contributed by atoms with van der Waals surface area (Å²) in [4.78, 5) is 2.59. The minimum Gasteiger partial charge on any atom is -0.309 e. The second-order valence-electron chi connectivity index (χ2n) is 22.0. The van der Waals surface area contributed by atoms with Crippen molar-refractivity contribution < 1.29 is 0 Å². The summed E-state index contributed by atoms with van der Waals surface area (Å²) in [5, 5.41) is 2.69. The Kier molecular flexibility index (Phi) is 11.5. The van der Waals surface area contributed by atoms with Gasteiger partial charge < -0.3 is 4.90 Å². The number of hydrogen-bond acceptors (Lipinski definition) is 1. The number of benzene rings is 12. The molecular weight excluding hydrogens is 951 g/mol. The van der Waals surface area contributed by atoms with E-state index in [-0.39, 0.29) is 0 Å². The van der Waals surface area contributed by atoms with E-state index in [2.05, 4.69) is 296 Å². The van der Waals surface area contributed by atoms with Gasteiger partial charge in [-0.05, 0) is 137 Å². The van der Waals surface area contributed by atoms with Gasteiger partial charge >= 0.3 is 0 Å². The molecular formula is C78H59N. The van der Waals surface area contributed by atoms with Crippen molar-refractivity contribution in [3.05, 3.63) is 341 Å². The fourth-order valence-electron chi connectivity index (χ4n) is 14.8. The molecule has 1 heteroatoms. The normalized spacial score (nSPS) is 14.7. The molecule has 1 saturated carbocycles. The summed E-state index contributed by atoms with van der Waals surface area (Å²) in [6, 6.07) is 110. The zero-order valence-corrected chi connectivity index (χ0v) is 44.3. The lowest BCUT2D eigenvalue weighted by molar-refractivity contribution is 0.445. The van der Waals surface area contributed by atoms with E-state index in [1.165, 1.54) is 137 Å². The zero-order chi connectivity index (χ0) is 52.3. The molecule has 1 nitrogen and oxygen atoms in total. The highest BCUT2D eigenvalue weighted by atomic mass is 15.1. The lowest BCUT2D eigenvalue weighted by Crippen LogP contribution is -2.28. The van der Waals surface area contributed by atoms with Crippen LogP contribution in [0.2, 0.25) is 0 Å². The van der Waals surface area contributed by atoms with Crippen molar-refractivity contribution >= 4 is 27.8 Å². The van der Waals surface area contributed by atoms with Gasteiger partial charge in [0.05, 0.1) is 22.2 Å². The van der Waals surface area contributed by atoms with Crippen LogP contribution < -0.4 is 4.90 Å². The summed E-state index contributed by atoms with van der Waals surface area (Å²) < 4.78 is 0. The van der Waals surface area contributed by atoms with Crippen LogP contribution in [0.3, 0.4) is 0 Å². The molecule has 12 aromatic rings. The Hall–Kier alpha value is -9.30. The average Bonchev–Trinajstić information content (AvgIpc) is 4.26. The summed E-state index contributed by atoms with van der Waals surface area (Å²) in [7, 11) is 0. The van der Waals surface area contributed by atoms with Gasteiger partial charge in [0, 0.05) is 16.8 Å². The Morgan fingerprint density at radius 2 is 0.709 bits per heavy atom. The minimum atomic E-state index is -0.553. The van der Waals surface area contributed by atoms with Crippen LogP contribution >= 0.6 is 0 Å². The SMILES string of the molecule is c1ccc(C2(c3ccccc3)c3ccccc3-c3c(-c4ccc(N(c5ccccc5-c5cccc6cccc(C7CCCCC7)c56)c5cccc6c5-c5ccccc5C6(c5ccccc5)c5ccccc5)cc4)cccc32)cc1. The summed E-state index contributed by atoms with van der Waals surface area (Å²) in [5.41, 5.74) is 24.1. The van der Waals surface area contributed by atoms with Crippen molar-refractivity contribution in [3.63, 3.8) is 0 Å². The summed E-state index contributed by atoms with van der Waals surface area (Å²) in [6.45, 7) is 0. The van der Waals surface area contributed by atoms with Crippen LogP contribution in [-0.2, 0) is 10.8 Å². The van der Waals surface area contributed by atoms with Crippen molar-refractivity contribution in [3.8, 4) is 44.5 Å². The quantitative estimate of drug-likeness (QED) is 0.132. The van der Waals surface area contributed by atoms with Crippen LogP contribution in [0.25, 0.3) is 55.3 Å². The Morgan fingerprint density at radius 3 is 1.29 bits per heavy atom. The third kappa shape index (κ3) is 7.22. The molecule has 15 rings (SSSR count). The van der Waals surface area contributed by atoms with Gasteiger partial charge in [-0.1, -0.05) is 286 Å². The number of para-hydroxylation sites is 1. The first-order valence-electron chi connectivity index (χ1n) is 28.4. The molecule has 0 saturated heterocycles. The highest BCUT2D eigenvalue weighted by Gasteiger charge is 2.49. The van der Waals surface area contributed by atoms with Gasteiger partial charge in [0.25, 0.3) is 0 Å². The third-order valence-electron chi connectivity index (χ3n) is 18.0. The molecule has 0 aromatic heterocycles. The lowest BCUT2D eigenvalue weighted by Gasteiger charge is -2.34. The first-order chi connectivity index (χ1) is 39.2. The number of rotatable bonds is 10. The molecule has 1 fully saturated rings. The molecule has 0 spiro atoms. The second kappa shape index (κ2) is 19.3. The number of anilines is 3. The molecule has 3 aliphatic carbocycles. The molecule has 12 aromatic carbocycles. The number of fused-ring (bicyclic) bond motifs is 7. The van der Waals surface area contributed by atoms with Crippen LogP contribution in [0.4, 0.5) is 17.1 Å². The maximum Gasteiger partial charge on any atom is 0.0714 e. The van der Waals surface area contributed by atoms with E-state index in [0.717, 1.165) is 17.1 Å². The standard InChI is InChI=1S/C78H59N/c1-6-26-54(27-7-1)62-41-22-28-56-29-23-43-65(74(56)62)64-38-18-21-48-72(64)79(73-49-25-47-71-76(73)67-40-17-20-45-69(67)78(71,59-34-12-4-13-35-59)60-36-14-5-15-37-60)61-52-50-55(51-53-61)63-42-24-46-70-75(63)66-39-16-19-44-68(66)77(70,57-30-8-2-9-31-57)58-32-10-3-11-33-58/h2-5,8-25,28-54H,1,6-7,26-27H2. The molecule has 0 atom stereocenters. The van der Waals surface area contributed by atoms with Crippen molar-refractivity contribution in [1.29, 1.82) is 0 Å². The molecule has 0 aliphatic heterocycles. The Morgan fingerprint density at radius 1 is 0.291 bits per heavy atom. The molecule has 0 bridgehead atoms. The van der Waals surface area contributed by atoms with E-state index < -0.39 is 10.8 Å². The average molecular weight is 1010 g/mol. The molecule has 79 heavy (non-hydrogen) atoms. The maximum atomic E-state index is 2.59. The van der Waals surface area contributed by atoms with Gasteiger partial charge in [0.15, 0.2) is 0 Å². The molecule has 0 amide bonds. The summed E-state index contributed by atoms with van der Waals surface area (Å²) in [6.07, 6.45) is 6.38. The van der Waals surface area contributed by atoms with Gasteiger partial charge in [-0.3, -0.25) is 0 Å². The fourth-order valence-corrected chi connectivity index (χ4v) is 14.8. The van der Waals surface area contributed by atoms with Crippen LogP contribution in [0, 0.1) is 0 Å². The molecule has 0 radical (unpaired) electrons. The van der Waals surface area contributed by atoms with Crippen LogP contribution in [0.1, 0.15) is 88.1 Å². The van der Waals surface area contributed by atoms with E-state index >= 15 is 0 Å². The predicted molar refractivity (Wildman–Crippen MR) is 330 cm³/mol. The molecule has 0 heterocycles. The topological polar surface area (TPSA) is 3.24 Å². The van der Waals surface area contributed by atoms with E-state index in [4.69, 9.17) is 0 Å². The van der Waals surface area contributed by atoms with Gasteiger partial charge in [0.2, 0.25) is 0 Å². The van der Waals surface area contributed by atoms with Gasteiger partial charge in [-0.15, -0.1) is 0 Å². The molecule has 0 unspecified atom stereocenters.